The number of hydrogen-bond acceptors (Lipinski definition) is 7. The predicted octanol–water partition coefficient (Wildman–Crippen LogP) is 0.916. The van der Waals surface area contributed by atoms with Crippen LogP contribution in [0.25, 0.3) is 0 Å². The number of carbonyl (C=O) groups is 1. The van der Waals surface area contributed by atoms with E-state index >= 15 is 0 Å². The highest BCUT2D eigenvalue weighted by atomic mass is 16.5. The third-order valence-electron chi connectivity index (χ3n) is 5.34. The first-order chi connectivity index (χ1) is 13.0. The zero-order valence-corrected chi connectivity index (χ0v) is 16.5. The van der Waals surface area contributed by atoms with Crippen molar-refractivity contribution in [1.82, 2.24) is 15.3 Å². The molecule has 0 spiro atoms. The van der Waals surface area contributed by atoms with Gasteiger partial charge in [-0.25, -0.2) is 9.97 Å². The van der Waals surface area contributed by atoms with Crippen molar-refractivity contribution in [2.45, 2.75) is 51.1 Å². The summed E-state index contributed by atoms with van der Waals surface area (Å²) < 4.78 is 5.42. The van der Waals surface area contributed by atoms with E-state index in [0.717, 1.165) is 70.3 Å². The summed E-state index contributed by atoms with van der Waals surface area (Å²) in [5.41, 5.74) is 5.36. The van der Waals surface area contributed by atoms with Crippen molar-refractivity contribution in [2.75, 3.05) is 49.2 Å². The zero-order chi connectivity index (χ0) is 19.3. The number of anilines is 2. The molecule has 2 aliphatic heterocycles. The molecule has 2 aliphatic rings. The minimum Gasteiger partial charge on any atom is -0.378 e. The van der Waals surface area contributed by atoms with Gasteiger partial charge in [0.15, 0.2) is 0 Å². The van der Waals surface area contributed by atoms with Crippen molar-refractivity contribution in [3.05, 3.63) is 12.4 Å². The summed E-state index contributed by atoms with van der Waals surface area (Å²) in [6.45, 7) is 8.69. The number of amides is 1. The lowest BCUT2D eigenvalue weighted by Crippen LogP contribution is -2.57. The maximum absolute atomic E-state index is 12.5. The average molecular weight is 377 g/mol. The van der Waals surface area contributed by atoms with Gasteiger partial charge in [0.1, 0.15) is 18.0 Å². The van der Waals surface area contributed by atoms with Gasteiger partial charge in [-0.3, -0.25) is 4.79 Å². The Hall–Kier alpha value is -1.93. The van der Waals surface area contributed by atoms with Crippen LogP contribution in [0.2, 0.25) is 0 Å². The fourth-order valence-electron chi connectivity index (χ4n) is 3.76. The van der Waals surface area contributed by atoms with Crippen LogP contribution in [0.3, 0.4) is 0 Å². The van der Waals surface area contributed by atoms with Gasteiger partial charge in [-0.05, 0) is 26.2 Å². The molecule has 27 heavy (non-hydrogen) atoms. The first-order valence-corrected chi connectivity index (χ1v) is 9.99. The van der Waals surface area contributed by atoms with Crippen molar-refractivity contribution in [2.24, 2.45) is 5.73 Å². The summed E-state index contributed by atoms with van der Waals surface area (Å²) >= 11 is 0. The van der Waals surface area contributed by atoms with Crippen LogP contribution in [0, 0.1) is 0 Å². The van der Waals surface area contributed by atoms with Gasteiger partial charge in [0.2, 0.25) is 5.91 Å². The minimum absolute atomic E-state index is 0.0621. The van der Waals surface area contributed by atoms with E-state index in [1.165, 1.54) is 0 Å². The number of piperidine rings is 1. The standard InChI is InChI=1S/C19H32N6O2/c1-3-6-19(2,20)18(26)23-15-5-4-7-25(13-15)17-12-16(21-14-22-17)24-8-10-27-11-9-24/h12,14-15H,3-11,13,20H2,1-2H3,(H,23,26). The quantitative estimate of drug-likeness (QED) is 0.762. The second kappa shape index (κ2) is 8.84. The van der Waals surface area contributed by atoms with Crippen LogP contribution < -0.4 is 20.9 Å². The summed E-state index contributed by atoms with van der Waals surface area (Å²) in [7, 11) is 0. The normalized spacial score (nSPS) is 23.0. The molecule has 150 valence electrons. The van der Waals surface area contributed by atoms with E-state index in [1.807, 2.05) is 19.9 Å². The summed E-state index contributed by atoms with van der Waals surface area (Å²) in [5.74, 6) is 1.79. The van der Waals surface area contributed by atoms with E-state index in [4.69, 9.17) is 10.5 Å². The monoisotopic (exact) mass is 376 g/mol. The van der Waals surface area contributed by atoms with E-state index in [9.17, 15) is 4.79 Å². The fraction of sp³-hybridized carbons (Fsp3) is 0.737. The van der Waals surface area contributed by atoms with Gasteiger partial charge in [-0.15, -0.1) is 0 Å². The number of nitrogens with one attached hydrogen (secondary N) is 1. The molecule has 2 atom stereocenters. The minimum atomic E-state index is -0.810. The Bertz CT molecular complexity index is 632. The zero-order valence-electron chi connectivity index (χ0n) is 16.5. The molecule has 0 saturated carbocycles. The summed E-state index contributed by atoms with van der Waals surface area (Å²) in [6, 6.07) is 2.13. The Kier molecular flexibility index (Phi) is 6.49. The Labute approximate surface area is 161 Å². The van der Waals surface area contributed by atoms with E-state index < -0.39 is 5.54 Å². The number of hydrogen-bond donors (Lipinski definition) is 2. The smallest absolute Gasteiger partial charge is 0.240 e. The maximum Gasteiger partial charge on any atom is 0.240 e. The molecular formula is C19H32N6O2. The summed E-state index contributed by atoms with van der Waals surface area (Å²) in [5, 5.41) is 3.15. The topological polar surface area (TPSA) is 96.6 Å². The van der Waals surface area contributed by atoms with Crippen molar-refractivity contribution in [1.29, 1.82) is 0 Å². The second-order valence-electron chi connectivity index (χ2n) is 7.76. The van der Waals surface area contributed by atoms with Crippen LogP contribution in [0.4, 0.5) is 11.6 Å². The lowest BCUT2D eigenvalue weighted by Gasteiger charge is -2.36. The van der Waals surface area contributed by atoms with Gasteiger partial charge in [0.05, 0.1) is 18.8 Å². The molecule has 2 saturated heterocycles. The molecular weight excluding hydrogens is 344 g/mol. The number of ether oxygens (including phenoxy) is 1. The number of morpholine rings is 1. The third-order valence-corrected chi connectivity index (χ3v) is 5.34. The Balaban J connectivity index is 1.63. The van der Waals surface area contributed by atoms with Gasteiger partial charge in [-0.2, -0.15) is 0 Å². The molecule has 1 aromatic heterocycles. The van der Waals surface area contributed by atoms with Crippen molar-refractivity contribution < 1.29 is 9.53 Å². The Morgan fingerprint density at radius 1 is 1.30 bits per heavy atom. The lowest BCUT2D eigenvalue weighted by molar-refractivity contribution is -0.126. The van der Waals surface area contributed by atoms with Gasteiger partial charge in [-0.1, -0.05) is 13.3 Å². The van der Waals surface area contributed by atoms with Gasteiger partial charge in [0.25, 0.3) is 0 Å². The third kappa shape index (κ3) is 5.07. The summed E-state index contributed by atoms with van der Waals surface area (Å²) in [4.78, 5) is 25.9. The van der Waals surface area contributed by atoms with Gasteiger partial charge >= 0.3 is 0 Å². The molecule has 1 amide bonds. The lowest BCUT2D eigenvalue weighted by atomic mass is 9.95. The first-order valence-electron chi connectivity index (χ1n) is 9.99. The fourth-order valence-corrected chi connectivity index (χ4v) is 3.76. The van der Waals surface area contributed by atoms with E-state index in [0.29, 0.717) is 6.42 Å². The molecule has 8 heteroatoms. The molecule has 3 N–H and O–H groups in total. The molecule has 3 rings (SSSR count). The molecule has 2 unspecified atom stereocenters. The first kappa shape index (κ1) is 19.8. The average Bonchev–Trinajstić information content (AvgIpc) is 2.69. The maximum atomic E-state index is 12.5. The largest absolute Gasteiger partial charge is 0.378 e. The Morgan fingerprint density at radius 2 is 2.00 bits per heavy atom. The van der Waals surface area contributed by atoms with Crippen LogP contribution >= 0.6 is 0 Å². The van der Waals surface area contributed by atoms with E-state index in [2.05, 4.69) is 25.1 Å². The highest BCUT2D eigenvalue weighted by molar-refractivity contribution is 5.85. The molecule has 2 fully saturated rings. The van der Waals surface area contributed by atoms with Crippen molar-refractivity contribution in [3.8, 4) is 0 Å². The predicted molar refractivity (Wildman–Crippen MR) is 106 cm³/mol. The van der Waals surface area contributed by atoms with Crippen molar-refractivity contribution >= 4 is 17.5 Å². The number of carbonyl (C=O) groups excluding carboxylic acids is 1. The number of nitrogens with zero attached hydrogens (tertiary/aromatic N) is 4. The number of rotatable bonds is 6. The van der Waals surface area contributed by atoms with Gasteiger partial charge < -0.3 is 25.6 Å². The number of aromatic nitrogens is 2. The van der Waals surface area contributed by atoms with Crippen LogP contribution in [0.15, 0.2) is 12.4 Å². The van der Waals surface area contributed by atoms with Crippen LogP contribution in [-0.4, -0.2) is 66.8 Å². The van der Waals surface area contributed by atoms with Crippen LogP contribution in [-0.2, 0) is 9.53 Å². The Morgan fingerprint density at radius 3 is 2.70 bits per heavy atom. The van der Waals surface area contributed by atoms with E-state index in [1.54, 1.807) is 6.33 Å². The molecule has 0 bridgehead atoms. The molecule has 1 aromatic rings. The molecule has 0 aromatic carbocycles. The molecule has 0 aliphatic carbocycles. The molecule has 0 radical (unpaired) electrons. The molecule has 3 heterocycles. The van der Waals surface area contributed by atoms with Crippen LogP contribution in [0.5, 0.6) is 0 Å². The van der Waals surface area contributed by atoms with E-state index in [-0.39, 0.29) is 11.9 Å². The number of nitrogens with two attached hydrogens (primary N) is 1. The molecule has 8 nitrogen and oxygen atoms in total. The van der Waals surface area contributed by atoms with Crippen LogP contribution in [0.1, 0.15) is 39.5 Å². The summed E-state index contributed by atoms with van der Waals surface area (Å²) in [6.07, 6.45) is 5.18. The van der Waals surface area contributed by atoms with Gasteiger partial charge in [0, 0.05) is 38.3 Å². The van der Waals surface area contributed by atoms with Crippen molar-refractivity contribution in [3.63, 3.8) is 0 Å². The second-order valence-corrected chi connectivity index (χ2v) is 7.76. The highest BCUT2D eigenvalue weighted by Gasteiger charge is 2.31. The highest BCUT2D eigenvalue weighted by Crippen LogP contribution is 2.22. The SMILES string of the molecule is CCCC(C)(N)C(=O)NC1CCCN(c2cc(N3CCOCC3)ncn2)C1.